The van der Waals surface area contributed by atoms with Gasteiger partial charge in [-0.15, -0.1) is 0 Å². The first kappa shape index (κ1) is 12.9. The van der Waals surface area contributed by atoms with Gasteiger partial charge in [-0.1, -0.05) is 0 Å². The van der Waals surface area contributed by atoms with E-state index in [-0.39, 0.29) is 24.6 Å². The van der Waals surface area contributed by atoms with E-state index in [0.717, 1.165) is 25.2 Å². The van der Waals surface area contributed by atoms with Crippen LogP contribution in [0.1, 0.15) is 39.4 Å². The van der Waals surface area contributed by atoms with Crippen LogP contribution in [0.2, 0.25) is 0 Å². The fourth-order valence-electron chi connectivity index (χ4n) is 2.03. The second-order valence-corrected chi connectivity index (χ2v) is 5.51. The molecule has 1 aliphatic heterocycles. The van der Waals surface area contributed by atoms with Gasteiger partial charge in [-0.3, -0.25) is 9.36 Å². The molecular weight excluding hydrogens is 234 g/mol. The molecule has 0 aliphatic carbocycles. The molecule has 0 N–H and O–H groups in total. The topological polar surface area (TPSA) is 66.1 Å². The van der Waals surface area contributed by atoms with Gasteiger partial charge in [-0.05, 0) is 27.2 Å². The molecule has 0 aromatic carbocycles. The smallest absolute Gasteiger partial charge is 0.345 e. The molecule has 100 valence electrons. The number of carbonyl (C=O) groups is 1. The zero-order valence-electron chi connectivity index (χ0n) is 11.1. The highest BCUT2D eigenvalue weighted by Gasteiger charge is 2.20. The van der Waals surface area contributed by atoms with Crippen molar-refractivity contribution in [2.24, 2.45) is 0 Å². The highest BCUT2D eigenvalue weighted by molar-refractivity contribution is 5.69. The number of aromatic nitrogens is 3. The number of nitrogens with zero attached hydrogens (tertiary/aromatic N) is 3. The normalized spacial score (nSPS) is 14.6. The van der Waals surface area contributed by atoms with Crippen LogP contribution < -0.4 is 5.69 Å². The number of aryl methyl sites for hydroxylation is 2. The van der Waals surface area contributed by atoms with Crippen molar-refractivity contribution in [2.45, 2.75) is 58.7 Å². The van der Waals surface area contributed by atoms with Crippen LogP contribution in [-0.2, 0) is 29.0 Å². The first-order valence-corrected chi connectivity index (χ1v) is 6.25. The van der Waals surface area contributed by atoms with Crippen molar-refractivity contribution in [3.8, 4) is 0 Å². The van der Waals surface area contributed by atoms with Crippen LogP contribution in [0.25, 0.3) is 0 Å². The van der Waals surface area contributed by atoms with E-state index in [4.69, 9.17) is 4.74 Å². The van der Waals surface area contributed by atoms with Gasteiger partial charge in [0.25, 0.3) is 0 Å². The molecule has 6 nitrogen and oxygen atoms in total. The van der Waals surface area contributed by atoms with Crippen molar-refractivity contribution in [3.63, 3.8) is 0 Å². The summed E-state index contributed by atoms with van der Waals surface area (Å²) in [4.78, 5) is 23.4. The fourth-order valence-corrected chi connectivity index (χ4v) is 2.03. The highest BCUT2D eigenvalue weighted by Crippen LogP contribution is 2.10. The van der Waals surface area contributed by atoms with Crippen LogP contribution in [0.5, 0.6) is 0 Å². The summed E-state index contributed by atoms with van der Waals surface area (Å²) in [5.41, 5.74) is -0.607. The SMILES string of the molecule is CC(C)(C)OC(=O)CCn1nc2n(c1=O)CCC2. The predicted octanol–water partition coefficient (Wildman–Crippen LogP) is 0.723. The first-order chi connectivity index (χ1) is 8.37. The molecule has 18 heavy (non-hydrogen) atoms. The van der Waals surface area contributed by atoms with E-state index in [0.29, 0.717) is 0 Å². The van der Waals surface area contributed by atoms with E-state index >= 15 is 0 Å². The van der Waals surface area contributed by atoms with Gasteiger partial charge in [0.1, 0.15) is 11.4 Å². The van der Waals surface area contributed by atoms with E-state index in [1.54, 1.807) is 4.57 Å². The lowest BCUT2D eigenvalue weighted by molar-refractivity contribution is -0.155. The lowest BCUT2D eigenvalue weighted by Crippen LogP contribution is -2.28. The van der Waals surface area contributed by atoms with E-state index < -0.39 is 5.60 Å². The summed E-state index contributed by atoms with van der Waals surface area (Å²) in [6.45, 7) is 6.49. The Morgan fingerprint density at radius 2 is 2.17 bits per heavy atom. The lowest BCUT2D eigenvalue weighted by atomic mass is 10.2. The molecule has 0 atom stereocenters. The summed E-state index contributed by atoms with van der Waals surface area (Å²) in [5.74, 6) is 0.520. The van der Waals surface area contributed by atoms with Crippen molar-refractivity contribution >= 4 is 5.97 Å². The third-order valence-corrected chi connectivity index (χ3v) is 2.73. The molecule has 1 aliphatic rings. The number of fused-ring (bicyclic) bond motifs is 1. The molecule has 6 heteroatoms. The standard InChI is InChI=1S/C12H19N3O3/c1-12(2,3)18-10(16)6-8-15-11(17)14-7-4-5-9(14)13-15/h4-8H2,1-3H3. The van der Waals surface area contributed by atoms with Crippen LogP contribution in [0, 0.1) is 0 Å². The molecule has 0 unspecified atom stereocenters. The Balaban J connectivity index is 1.95. The van der Waals surface area contributed by atoms with Gasteiger partial charge in [0.15, 0.2) is 0 Å². The Morgan fingerprint density at radius 3 is 2.78 bits per heavy atom. The molecule has 0 saturated carbocycles. The third-order valence-electron chi connectivity index (χ3n) is 2.73. The Kier molecular flexibility index (Phi) is 3.28. The maximum Gasteiger partial charge on any atom is 0.345 e. The molecular formula is C12H19N3O3. The van der Waals surface area contributed by atoms with Gasteiger partial charge in [0.2, 0.25) is 0 Å². The minimum absolute atomic E-state index is 0.119. The van der Waals surface area contributed by atoms with E-state index in [2.05, 4.69) is 5.10 Å². The molecule has 0 fully saturated rings. The quantitative estimate of drug-likeness (QED) is 0.745. The van der Waals surface area contributed by atoms with Crippen molar-refractivity contribution in [2.75, 3.05) is 0 Å². The average Bonchev–Trinajstić information content (AvgIpc) is 2.77. The van der Waals surface area contributed by atoms with E-state index in [1.807, 2.05) is 20.8 Å². The van der Waals surface area contributed by atoms with Crippen molar-refractivity contribution in [3.05, 3.63) is 16.3 Å². The number of carbonyl (C=O) groups excluding carboxylic acids is 1. The number of esters is 1. The summed E-state index contributed by atoms with van der Waals surface area (Å²) in [6, 6.07) is 0. The van der Waals surface area contributed by atoms with Gasteiger partial charge >= 0.3 is 11.7 Å². The first-order valence-electron chi connectivity index (χ1n) is 6.25. The predicted molar refractivity (Wildman–Crippen MR) is 65.3 cm³/mol. The minimum atomic E-state index is -0.488. The van der Waals surface area contributed by atoms with E-state index in [9.17, 15) is 9.59 Å². The molecule has 0 bridgehead atoms. The number of hydrogen-bond acceptors (Lipinski definition) is 4. The van der Waals surface area contributed by atoms with Crippen LogP contribution >= 0.6 is 0 Å². The average molecular weight is 253 g/mol. The number of rotatable bonds is 3. The largest absolute Gasteiger partial charge is 0.460 e. The molecule has 2 rings (SSSR count). The van der Waals surface area contributed by atoms with Gasteiger partial charge < -0.3 is 4.74 Å². The maximum atomic E-state index is 11.9. The van der Waals surface area contributed by atoms with Gasteiger partial charge in [0, 0.05) is 13.0 Å². The number of ether oxygens (including phenoxy) is 1. The summed E-state index contributed by atoms with van der Waals surface area (Å²) >= 11 is 0. The molecule has 1 aromatic rings. The van der Waals surface area contributed by atoms with Gasteiger partial charge in [-0.25, -0.2) is 9.48 Å². The van der Waals surface area contributed by atoms with Gasteiger partial charge in [-0.2, -0.15) is 5.10 Å². The summed E-state index contributed by atoms with van der Waals surface area (Å²) in [6.07, 6.45) is 1.99. The molecule has 0 amide bonds. The molecule has 0 saturated heterocycles. The Labute approximate surface area is 106 Å². The van der Waals surface area contributed by atoms with Crippen molar-refractivity contribution < 1.29 is 9.53 Å². The van der Waals surface area contributed by atoms with Crippen molar-refractivity contribution in [1.29, 1.82) is 0 Å². The molecule has 2 heterocycles. The molecule has 0 radical (unpaired) electrons. The third kappa shape index (κ3) is 2.80. The summed E-state index contributed by atoms with van der Waals surface area (Å²) in [7, 11) is 0. The minimum Gasteiger partial charge on any atom is -0.460 e. The van der Waals surface area contributed by atoms with Gasteiger partial charge in [0.05, 0.1) is 13.0 Å². The maximum absolute atomic E-state index is 11.9. The second kappa shape index (κ2) is 4.59. The van der Waals surface area contributed by atoms with Crippen LogP contribution in [0.15, 0.2) is 4.79 Å². The zero-order chi connectivity index (χ0) is 13.3. The second-order valence-electron chi connectivity index (χ2n) is 5.51. The van der Waals surface area contributed by atoms with Crippen LogP contribution in [0.4, 0.5) is 0 Å². The summed E-state index contributed by atoms with van der Waals surface area (Å²) in [5, 5.41) is 4.22. The lowest BCUT2D eigenvalue weighted by Gasteiger charge is -2.19. The Morgan fingerprint density at radius 1 is 1.44 bits per heavy atom. The molecule has 0 spiro atoms. The fraction of sp³-hybridized carbons (Fsp3) is 0.750. The summed E-state index contributed by atoms with van der Waals surface area (Å²) < 4.78 is 8.22. The van der Waals surface area contributed by atoms with Crippen molar-refractivity contribution in [1.82, 2.24) is 14.3 Å². The molecule has 1 aromatic heterocycles. The Hall–Kier alpha value is -1.59. The monoisotopic (exact) mass is 253 g/mol. The van der Waals surface area contributed by atoms with Crippen LogP contribution in [-0.4, -0.2) is 25.9 Å². The van der Waals surface area contributed by atoms with E-state index in [1.165, 1.54) is 4.68 Å². The zero-order valence-corrected chi connectivity index (χ0v) is 11.1. The van der Waals surface area contributed by atoms with Crippen LogP contribution in [0.3, 0.4) is 0 Å². The Bertz CT molecular complexity index is 508. The highest BCUT2D eigenvalue weighted by atomic mass is 16.6. The number of hydrogen-bond donors (Lipinski definition) is 0.